The largest absolute Gasteiger partial charge is 0.497 e. The van der Waals surface area contributed by atoms with E-state index in [1.165, 1.54) is 0 Å². The summed E-state index contributed by atoms with van der Waals surface area (Å²) in [6.45, 7) is 3.07. The van der Waals surface area contributed by atoms with Gasteiger partial charge in [0.15, 0.2) is 6.10 Å². The van der Waals surface area contributed by atoms with Crippen LogP contribution in [0.25, 0.3) is 0 Å². The Labute approximate surface area is 147 Å². The van der Waals surface area contributed by atoms with Crippen LogP contribution in [-0.4, -0.2) is 50.2 Å². The van der Waals surface area contributed by atoms with Crippen molar-refractivity contribution in [3.8, 4) is 11.5 Å². The lowest BCUT2D eigenvalue weighted by Gasteiger charge is -2.37. The first-order chi connectivity index (χ1) is 12.2. The fourth-order valence-corrected chi connectivity index (χ4v) is 3.52. The fraction of sp³-hybridized carbons (Fsp3) is 0.350. The minimum absolute atomic E-state index is 0.0986. The van der Waals surface area contributed by atoms with Gasteiger partial charge in [0.1, 0.15) is 11.5 Å². The van der Waals surface area contributed by atoms with E-state index in [-0.39, 0.29) is 12.0 Å². The molecule has 1 atom stereocenters. The average Bonchev–Trinajstić information content (AvgIpc) is 3.12. The van der Waals surface area contributed by atoms with Crippen LogP contribution in [0.5, 0.6) is 11.5 Å². The number of anilines is 1. The summed E-state index contributed by atoms with van der Waals surface area (Å²) in [5.74, 6) is 1.80. The van der Waals surface area contributed by atoms with Crippen molar-refractivity contribution >= 4 is 11.6 Å². The Balaban J connectivity index is 1.36. The molecule has 2 aromatic carbocycles. The summed E-state index contributed by atoms with van der Waals surface area (Å²) >= 11 is 0. The van der Waals surface area contributed by atoms with E-state index < -0.39 is 0 Å². The van der Waals surface area contributed by atoms with Crippen LogP contribution in [0.3, 0.4) is 0 Å². The minimum Gasteiger partial charge on any atom is -0.497 e. The van der Waals surface area contributed by atoms with Crippen molar-refractivity contribution in [1.29, 1.82) is 0 Å². The number of benzene rings is 2. The molecule has 5 heteroatoms. The zero-order chi connectivity index (χ0) is 17.2. The highest BCUT2D eigenvalue weighted by Crippen LogP contribution is 2.29. The Morgan fingerprint density at radius 2 is 1.88 bits per heavy atom. The summed E-state index contributed by atoms with van der Waals surface area (Å²) < 4.78 is 11.1. The van der Waals surface area contributed by atoms with E-state index in [0.717, 1.165) is 35.8 Å². The molecular formula is C20H22N2O3. The highest BCUT2D eigenvalue weighted by Gasteiger charge is 2.33. The lowest BCUT2D eigenvalue weighted by atomic mass is 10.1. The molecule has 0 aliphatic carbocycles. The van der Waals surface area contributed by atoms with Gasteiger partial charge in [-0.25, -0.2) is 0 Å². The number of hydrogen-bond donors (Lipinski definition) is 0. The number of methoxy groups -OCH3 is 1. The highest BCUT2D eigenvalue weighted by atomic mass is 16.5. The topological polar surface area (TPSA) is 42.0 Å². The van der Waals surface area contributed by atoms with Gasteiger partial charge in [0, 0.05) is 44.4 Å². The minimum atomic E-state index is -0.374. The molecule has 130 valence electrons. The first-order valence-corrected chi connectivity index (χ1v) is 8.67. The number of fused-ring (bicyclic) bond motifs is 1. The maximum atomic E-state index is 12.8. The second kappa shape index (κ2) is 6.67. The van der Waals surface area contributed by atoms with Crippen molar-refractivity contribution < 1.29 is 14.3 Å². The number of rotatable bonds is 3. The molecule has 0 aromatic heterocycles. The lowest BCUT2D eigenvalue weighted by Crippen LogP contribution is -2.52. The van der Waals surface area contributed by atoms with Gasteiger partial charge in [-0.05, 0) is 23.8 Å². The molecule has 2 heterocycles. The van der Waals surface area contributed by atoms with Crippen molar-refractivity contribution in [2.45, 2.75) is 12.5 Å². The van der Waals surface area contributed by atoms with Crippen LogP contribution in [0.15, 0.2) is 48.5 Å². The number of carbonyl (C=O) groups is 1. The van der Waals surface area contributed by atoms with Gasteiger partial charge >= 0.3 is 0 Å². The fourth-order valence-electron chi connectivity index (χ4n) is 3.52. The Hall–Kier alpha value is -2.69. The molecule has 0 saturated carbocycles. The summed E-state index contributed by atoms with van der Waals surface area (Å²) in [5, 5.41) is 0. The van der Waals surface area contributed by atoms with Gasteiger partial charge in [-0.2, -0.15) is 0 Å². The second-order valence-electron chi connectivity index (χ2n) is 6.43. The monoisotopic (exact) mass is 338 g/mol. The number of ether oxygens (including phenoxy) is 2. The third-order valence-corrected chi connectivity index (χ3v) is 4.93. The first-order valence-electron chi connectivity index (χ1n) is 8.67. The molecule has 0 unspecified atom stereocenters. The van der Waals surface area contributed by atoms with Crippen molar-refractivity contribution in [3.63, 3.8) is 0 Å². The molecule has 2 aromatic rings. The summed E-state index contributed by atoms with van der Waals surface area (Å²) in [7, 11) is 1.68. The van der Waals surface area contributed by atoms with E-state index in [1.807, 2.05) is 47.4 Å². The van der Waals surface area contributed by atoms with E-state index in [2.05, 4.69) is 11.0 Å². The quantitative estimate of drug-likeness (QED) is 0.862. The van der Waals surface area contributed by atoms with Crippen molar-refractivity contribution in [2.24, 2.45) is 0 Å². The maximum absolute atomic E-state index is 12.8. The van der Waals surface area contributed by atoms with E-state index in [0.29, 0.717) is 19.5 Å². The first kappa shape index (κ1) is 15.8. The van der Waals surface area contributed by atoms with Gasteiger partial charge in [0.25, 0.3) is 5.91 Å². The van der Waals surface area contributed by atoms with Crippen LogP contribution in [0, 0.1) is 0 Å². The van der Waals surface area contributed by atoms with Crippen LogP contribution in [0.1, 0.15) is 5.56 Å². The van der Waals surface area contributed by atoms with Gasteiger partial charge in [-0.3, -0.25) is 4.79 Å². The average molecular weight is 338 g/mol. The lowest BCUT2D eigenvalue weighted by molar-refractivity contribution is -0.138. The standard InChI is InChI=1S/C20H22N2O3/c1-24-17-7-4-6-16(14-17)21-9-11-22(12-10-21)20(23)19-13-15-5-2-3-8-18(15)25-19/h2-8,14,19H,9-13H2,1H3/t19-/m0/s1. The third-order valence-electron chi connectivity index (χ3n) is 4.93. The van der Waals surface area contributed by atoms with Gasteiger partial charge in [0.05, 0.1) is 7.11 Å². The Morgan fingerprint density at radius 3 is 2.64 bits per heavy atom. The smallest absolute Gasteiger partial charge is 0.264 e. The molecule has 2 aliphatic heterocycles. The van der Waals surface area contributed by atoms with Crippen LogP contribution in [0.4, 0.5) is 5.69 Å². The molecule has 1 saturated heterocycles. The number of hydrogen-bond acceptors (Lipinski definition) is 4. The number of para-hydroxylation sites is 1. The van der Waals surface area contributed by atoms with Crippen LogP contribution in [-0.2, 0) is 11.2 Å². The van der Waals surface area contributed by atoms with E-state index in [9.17, 15) is 4.79 Å². The van der Waals surface area contributed by atoms with E-state index >= 15 is 0 Å². The van der Waals surface area contributed by atoms with Crippen LogP contribution < -0.4 is 14.4 Å². The molecular weight excluding hydrogens is 316 g/mol. The SMILES string of the molecule is COc1cccc(N2CCN(C(=O)[C@@H]3Cc4ccccc4O3)CC2)c1. The maximum Gasteiger partial charge on any atom is 0.264 e. The Kier molecular flexibility index (Phi) is 4.22. The van der Waals surface area contributed by atoms with Crippen LogP contribution in [0.2, 0.25) is 0 Å². The number of piperazine rings is 1. The summed E-state index contributed by atoms with van der Waals surface area (Å²) in [6, 6.07) is 16.0. The van der Waals surface area contributed by atoms with Crippen molar-refractivity contribution in [1.82, 2.24) is 4.90 Å². The summed E-state index contributed by atoms with van der Waals surface area (Å²) in [4.78, 5) is 17.0. The predicted molar refractivity (Wildman–Crippen MR) is 96.3 cm³/mol. The third kappa shape index (κ3) is 3.14. The number of nitrogens with zero attached hydrogens (tertiary/aromatic N) is 2. The molecule has 1 fully saturated rings. The van der Waals surface area contributed by atoms with Gasteiger partial charge in [0.2, 0.25) is 0 Å². The second-order valence-corrected chi connectivity index (χ2v) is 6.43. The molecule has 25 heavy (non-hydrogen) atoms. The van der Waals surface area contributed by atoms with Crippen molar-refractivity contribution in [3.05, 3.63) is 54.1 Å². The molecule has 5 nitrogen and oxygen atoms in total. The van der Waals surface area contributed by atoms with Crippen LogP contribution >= 0.6 is 0 Å². The van der Waals surface area contributed by atoms with Gasteiger partial charge < -0.3 is 19.3 Å². The predicted octanol–water partition coefficient (Wildman–Crippen LogP) is 2.35. The normalized spacial score (nSPS) is 19.3. The van der Waals surface area contributed by atoms with Gasteiger partial charge in [-0.1, -0.05) is 24.3 Å². The highest BCUT2D eigenvalue weighted by molar-refractivity contribution is 5.83. The number of carbonyl (C=O) groups excluding carboxylic acids is 1. The zero-order valence-corrected chi connectivity index (χ0v) is 14.4. The van der Waals surface area contributed by atoms with E-state index in [1.54, 1.807) is 7.11 Å². The molecule has 0 N–H and O–H groups in total. The summed E-state index contributed by atoms with van der Waals surface area (Å²) in [6.07, 6.45) is 0.297. The molecule has 2 aliphatic rings. The molecule has 0 bridgehead atoms. The molecule has 1 amide bonds. The van der Waals surface area contributed by atoms with Crippen molar-refractivity contribution in [2.75, 3.05) is 38.2 Å². The molecule has 4 rings (SSSR count). The zero-order valence-electron chi connectivity index (χ0n) is 14.4. The Bertz CT molecular complexity index is 744. The van der Waals surface area contributed by atoms with E-state index in [4.69, 9.17) is 9.47 Å². The number of amides is 1. The summed E-state index contributed by atoms with van der Waals surface area (Å²) in [5.41, 5.74) is 2.26. The Morgan fingerprint density at radius 1 is 1.08 bits per heavy atom. The van der Waals surface area contributed by atoms with Gasteiger partial charge in [-0.15, -0.1) is 0 Å². The molecule has 0 spiro atoms. The molecule has 0 radical (unpaired) electrons.